The van der Waals surface area contributed by atoms with Crippen LogP contribution in [0.3, 0.4) is 0 Å². The van der Waals surface area contributed by atoms with Crippen molar-refractivity contribution in [2.45, 2.75) is 6.42 Å². The van der Waals surface area contributed by atoms with Gasteiger partial charge in [-0.2, -0.15) is 0 Å². The fraction of sp³-hybridized carbons (Fsp3) is 0.0909. The number of aromatic nitrogens is 1. The first kappa shape index (κ1) is 10.3. The van der Waals surface area contributed by atoms with Gasteiger partial charge in [0.05, 0.1) is 12.1 Å². The summed E-state index contributed by atoms with van der Waals surface area (Å²) in [6.07, 6.45) is 0.199. The van der Waals surface area contributed by atoms with Crippen molar-refractivity contribution in [1.82, 2.24) is 4.98 Å². The third-order valence-electron chi connectivity index (χ3n) is 1.89. The second kappa shape index (κ2) is 4.55. The van der Waals surface area contributed by atoms with Crippen LogP contribution in [0.5, 0.6) is 0 Å². The van der Waals surface area contributed by atoms with Crippen LogP contribution in [0.1, 0.15) is 5.69 Å². The molecule has 0 saturated heterocycles. The minimum atomic E-state index is -0.375. The molecule has 0 spiro atoms. The molecule has 4 heteroatoms. The first-order chi connectivity index (χ1) is 7.25. The zero-order valence-corrected chi connectivity index (χ0v) is 9.39. The molecule has 0 amide bonds. The zero-order valence-electron chi connectivity index (χ0n) is 7.81. The van der Waals surface area contributed by atoms with Crippen molar-refractivity contribution in [2.24, 2.45) is 0 Å². The van der Waals surface area contributed by atoms with E-state index in [1.165, 1.54) is 11.3 Å². The number of carbonyl (C=O) groups is 1. The van der Waals surface area contributed by atoms with E-state index in [1.54, 1.807) is 0 Å². The average Bonchev–Trinajstić information content (AvgIpc) is 2.67. The van der Waals surface area contributed by atoms with Crippen LogP contribution in [0, 0.1) is 0 Å². The SMILES string of the molecule is O=C(Cl)Cc1csc(-c2ccccc2)n1. The molecule has 0 atom stereocenters. The first-order valence-corrected chi connectivity index (χ1v) is 5.69. The fourth-order valence-corrected chi connectivity index (χ4v) is 2.21. The van der Waals surface area contributed by atoms with Gasteiger partial charge < -0.3 is 0 Å². The molecule has 2 rings (SSSR count). The summed E-state index contributed by atoms with van der Waals surface area (Å²) in [4.78, 5) is 15.0. The minimum absolute atomic E-state index is 0.199. The number of benzene rings is 1. The Morgan fingerprint density at radius 3 is 2.73 bits per heavy atom. The third-order valence-corrected chi connectivity index (χ3v) is 2.97. The highest BCUT2D eigenvalue weighted by molar-refractivity contribution is 7.13. The molecule has 0 saturated carbocycles. The minimum Gasteiger partial charge on any atom is -0.281 e. The van der Waals surface area contributed by atoms with Crippen LogP contribution in [-0.4, -0.2) is 10.2 Å². The summed E-state index contributed by atoms with van der Waals surface area (Å²) in [5.41, 5.74) is 1.80. The van der Waals surface area contributed by atoms with E-state index in [0.29, 0.717) is 0 Å². The highest BCUT2D eigenvalue weighted by atomic mass is 35.5. The molecule has 0 fully saturated rings. The van der Waals surface area contributed by atoms with Gasteiger partial charge in [0.25, 0.3) is 0 Å². The first-order valence-electron chi connectivity index (χ1n) is 4.44. The lowest BCUT2D eigenvalue weighted by Gasteiger charge is -1.93. The van der Waals surface area contributed by atoms with Crippen LogP contribution in [0.25, 0.3) is 10.6 Å². The van der Waals surface area contributed by atoms with Crippen molar-refractivity contribution < 1.29 is 4.79 Å². The fourth-order valence-electron chi connectivity index (χ4n) is 1.24. The number of rotatable bonds is 3. The van der Waals surface area contributed by atoms with Gasteiger partial charge in [-0.3, -0.25) is 4.79 Å². The quantitative estimate of drug-likeness (QED) is 0.768. The summed E-state index contributed by atoms with van der Waals surface area (Å²) in [6.45, 7) is 0. The molecule has 1 aromatic heterocycles. The van der Waals surface area contributed by atoms with Crippen molar-refractivity contribution in [2.75, 3.05) is 0 Å². The van der Waals surface area contributed by atoms with E-state index in [-0.39, 0.29) is 11.7 Å². The molecular formula is C11H8ClNOS. The Hall–Kier alpha value is -1.19. The maximum Gasteiger partial charge on any atom is 0.227 e. The van der Waals surface area contributed by atoms with Crippen molar-refractivity contribution >= 4 is 28.2 Å². The summed E-state index contributed by atoms with van der Waals surface area (Å²) in [5.74, 6) is 0. The van der Waals surface area contributed by atoms with Crippen LogP contribution in [0.2, 0.25) is 0 Å². The highest BCUT2D eigenvalue weighted by Gasteiger charge is 2.06. The molecule has 1 heterocycles. The van der Waals surface area contributed by atoms with E-state index < -0.39 is 0 Å². The summed E-state index contributed by atoms with van der Waals surface area (Å²) in [7, 11) is 0. The molecule has 76 valence electrons. The van der Waals surface area contributed by atoms with E-state index in [2.05, 4.69) is 4.98 Å². The molecule has 15 heavy (non-hydrogen) atoms. The summed E-state index contributed by atoms with van der Waals surface area (Å²) >= 11 is 6.82. The van der Waals surface area contributed by atoms with Crippen LogP contribution in [0.4, 0.5) is 0 Å². The lowest BCUT2D eigenvalue weighted by molar-refractivity contribution is -0.111. The van der Waals surface area contributed by atoms with Gasteiger partial charge in [0.2, 0.25) is 5.24 Å². The molecule has 0 aliphatic rings. The van der Waals surface area contributed by atoms with E-state index in [0.717, 1.165) is 16.3 Å². The van der Waals surface area contributed by atoms with Gasteiger partial charge in [0, 0.05) is 10.9 Å². The normalized spacial score (nSPS) is 10.2. The lowest BCUT2D eigenvalue weighted by atomic mass is 10.2. The Kier molecular flexibility index (Phi) is 3.14. The molecule has 0 aliphatic carbocycles. The molecule has 2 aromatic rings. The Morgan fingerprint density at radius 2 is 2.07 bits per heavy atom. The molecule has 0 unspecified atom stereocenters. The van der Waals surface area contributed by atoms with E-state index in [9.17, 15) is 4.79 Å². The standard InChI is InChI=1S/C11H8ClNOS/c12-10(14)6-9-7-15-11(13-9)8-4-2-1-3-5-8/h1-5,7H,6H2. The Labute approximate surface area is 96.5 Å². The van der Waals surface area contributed by atoms with Crippen molar-refractivity contribution in [3.05, 3.63) is 41.4 Å². The third kappa shape index (κ3) is 2.64. The van der Waals surface area contributed by atoms with E-state index >= 15 is 0 Å². The zero-order chi connectivity index (χ0) is 10.7. The van der Waals surface area contributed by atoms with Crippen LogP contribution < -0.4 is 0 Å². The predicted octanol–water partition coefficient (Wildman–Crippen LogP) is 3.12. The number of halogens is 1. The van der Waals surface area contributed by atoms with Crippen molar-refractivity contribution in [1.29, 1.82) is 0 Å². The van der Waals surface area contributed by atoms with Crippen LogP contribution in [-0.2, 0) is 11.2 Å². The Balaban J connectivity index is 2.24. The topological polar surface area (TPSA) is 30.0 Å². The van der Waals surface area contributed by atoms with Gasteiger partial charge in [-0.15, -0.1) is 11.3 Å². The van der Waals surface area contributed by atoms with Gasteiger partial charge in [-0.25, -0.2) is 4.98 Å². The molecule has 0 bridgehead atoms. The lowest BCUT2D eigenvalue weighted by Crippen LogP contribution is -1.93. The number of hydrogen-bond acceptors (Lipinski definition) is 3. The average molecular weight is 238 g/mol. The van der Waals surface area contributed by atoms with Crippen LogP contribution in [0.15, 0.2) is 35.7 Å². The molecule has 1 aromatic carbocycles. The highest BCUT2D eigenvalue weighted by Crippen LogP contribution is 2.23. The van der Waals surface area contributed by atoms with Crippen LogP contribution >= 0.6 is 22.9 Å². The van der Waals surface area contributed by atoms with E-state index in [4.69, 9.17) is 11.6 Å². The maximum atomic E-state index is 10.7. The maximum absolute atomic E-state index is 10.7. The molecular weight excluding hydrogens is 230 g/mol. The van der Waals surface area contributed by atoms with Gasteiger partial charge >= 0.3 is 0 Å². The monoisotopic (exact) mass is 237 g/mol. The summed E-state index contributed by atoms with van der Waals surface area (Å²) in [5, 5.41) is 2.41. The number of hydrogen-bond donors (Lipinski definition) is 0. The smallest absolute Gasteiger partial charge is 0.227 e. The van der Waals surface area contributed by atoms with Gasteiger partial charge in [0.1, 0.15) is 5.01 Å². The van der Waals surface area contributed by atoms with Gasteiger partial charge in [-0.05, 0) is 11.6 Å². The molecule has 0 radical (unpaired) electrons. The van der Waals surface area contributed by atoms with Gasteiger partial charge in [-0.1, -0.05) is 30.3 Å². The Bertz CT molecular complexity index is 466. The number of thiazole rings is 1. The van der Waals surface area contributed by atoms with Crippen molar-refractivity contribution in [3.8, 4) is 10.6 Å². The molecule has 2 nitrogen and oxygen atoms in total. The molecule has 0 N–H and O–H groups in total. The van der Waals surface area contributed by atoms with Crippen molar-refractivity contribution in [3.63, 3.8) is 0 Å². The second-order valence-electron chi connectivity index (χ2n) is 3.04. The number of nitrogens with zero attached hydrogens (tertiary/aromatic N) is 1. The second-order valence-corrected chi connectivity index (χ2v) is 4.32. The predicted molar refractivity (Wildman–Crippen MR) is 62.1 cm³/mol. The largest absolute Gasteiger partial charge is 0.281 e. The Morgan fingerprint density at radius 1 is 1.33 bits per heavy atom. The summed E-state index contributed by atoms with van der Waals surface area (Å²) in [6, 6.07) is 9.86. The summed E-state index contributed by atoms with van der Waals surface area (Å²) < 4.78 is 0. The number of carbonyl (C=O) groups excluding carboxylic acids is 1. The molecule has 0 aliphatic heterocycles. The van der Waals surface area contributed by atoms with Gasteiger partial charge in [0.15, 0.2) is 0 Å². The van der Waals surface area contributed by atoms with E-state index in [1.807, 2.05) is 35.7 Å².